The first-order valence-electron chi connectivity index (χ1n) is 15.1. The highest BCUT2D eigenvalue weighted by molar-refractivity contribution is 5.66. The number of hydrogen-bond acceptors (Lipinski definition) is 6. The van der Waals surface area contributed by atoms with Gasteiger partial charge in [0.25, 0.3) is 0 Å². The number of fused-ring (bicyclic) bond motifs is 7. The minimum absolute atomic E-state index is 0.112. The standard InChI is InChI=1S/C31H48O6/c1-17-13-27(36-20(4)33)31(34-16-17)18(2)28-26(37-31)15-25-23-8-7-21-14-22(35-19(3)32)9-11-29(21,5)24(23)10-12-30(25,28)6/h17-18,21-28H,7-16H2,1-6H3/t17-,18+,21+,22+,23-,24-,25-,26+,27-,28+,29+,30+,31+/m1/s1. The van der Waals surface area contributed by atoms with Crippen LogP contribution in [0.15, 0.2) is 0 Å². The fourth-order valence-corrected chi connectivity index (χ4v) is 11.0. The molecule has 37 heavy (non-hydrogen) atoms. The Labute approximate surface area is 222 Å². The van der Waals surface area contributed by atoms with Crippen LogP contribution in [0.2, 0.25) is 0 Å². The first-order chi connectivity index (χ1) is 17.5. The van der Waals surface area contributed by atoms with Crippen molar-refractivity contribution >= 4 is 11.9 Å². The Hall–Kier alpha value is -1.14. The van der Waals surface area contributed by atoms with Crippen molar-refractivity contribution < 1.29 is 28.5 Å². The Morgan fingerprint density at radius 2 is 1.57 bits per heavy atom. The van der Waals surface area contributed by atoms with Gasteiger partial charge in [-0.15, -0.1) is 0 Å². The second kappa shape index (κ2) is 8.94. The van der Waals surface area contributed by atoms with Gasteiger partial charge in [-0.3, -0.25) is 9.59 Å². The van der Waals surface area contributed by atoms with E-state index in [1.165, 1.54) is 39.0 Å². The van der Waals surface area contributed by atoms with Crippen LogP contribution in [0.25, 0.3) is 0 Å². The maximum atomic E-state index is 12.0. The Morgan fingerprint density at radius 1 is 0.838 bits per heavy atom. The van der Waals surface area contributed by atoms with Gasteiger partial charge in [0.2, 0.25) is 5.79 Å². The monoisotopic (exact) mass is 516 g/mol. The van der Waals surface area contributed by atoms with Gasteiger partial charge in [0.1, 0.15) is 6.10 Å². The van der Waals surface area contributed by atoms with Gasteiger partial charge < -0.3 is 18.9 Å². The predicted octanol–water partition coefficient (Wildman–Crippen LogP) is 5.91. The van der Waals surface area contributed by atoms with E-state index in [0.29, 0.717) is 35.7 Å². The molecule has 0 N–H and O–H groups in total. The van der Waals surface area contributed by atoms with Crippen LogP contribution in [0.3, 0.4) is 0 Å². The van der Waals surface area contributed by atoms with Crippen molar-refractivity contribution in [2.75, 3.05) is 6.61 Å². The van der Waals surface area contributed by atoms with E-state index in [1.807, 2.05) is 0 Å². The van der Waals surface area contributed by atoms with E-state index in [9.17, 15) is 9.59 Å². The highest BCUT2D eigenvalue weighted by Crippen LogP contribution is 2.71. The molecule has 6 heteroatoms. The predicted molar refractivity (Wildman–Crippen MR) is 138 cm³/mol. The average Bonchev–Trinajstić information content (AvgIpc) is 3.27. The molecule has 6 fully saturated rings. The van der Waals surface area contributed by atoms with Gasteiger partial charge in [0, 0.05) is 19.8 Å². The maximum absolute atomic E-state index is 12.0. The molecule has 208 valence electrons. The van der Waals surface area contributed by atoms with Crippen LogP contribution in [-0.2, 0) is 28.5 Å². The molecule has 1 spiro atoms. The quantitative estimate of drug-likeness (QED) is 0.425. The smallest absolute Gasteiger partial charge is 0.303 e. The SMILES string of the molecule is CC(=O)O[C@H]1CC[C@@]2(C)[C@@H](CC[C@@H]3[C@H]2CC[C@]2(C)[C@@H]4[C@H](C[C@H]32)O[C@@]2(OC[C@H](C)C[C@H]2OC(C)=O)[C@H]4C)C1. The zero-order chi connectivity index (χ0) is 26.3. The molecule has 0 aromatic carbocycles. The van der Waals surface area contributed by atoms with E-state index in [-0.39, 0.29) is 41.6 Å². The lowest BCUT2D eigenvalue weighted by Gasteiger charge is -2.61. The van der Waals surface area contributed by atoms with Gasteiger partial charge >= 0.3 is 11.9 Å². The summed E-state index contributed by atoms with van der Waals surface area (Å²) in [6.07, 6.45) is 10.2. The number of carbonyl (C=O) groups excluding carboxylic acids is 2. The first kappa shape index (κ1) is 26.1. The Kier molecular flexibility index (Phi) is 6.31. The third-order valence-electron chi connectivity index (χ3n) is 12.5. The third-order valence-corrected chi connectivity index (χ3v) is 12.5. The van der Waals surface area contributed by atoms with Crippen molar-refractivity contribution in [1.82, 2.24) is 0 Å². The molecule has 6 nitrogen and oxygen atoms in total. The number of ether oxygens (including phenoxy) is 4. The molecule has 0 aromatic heterocycles. The summed E-state index contributed by atoms with van der Waals surface area (Å²) < 4.78 is 25.0. The zero-order valence-electron chi connectivity index (χ0n) is 23.8. The van der Waals surface area contributed by atoms with Crippen LogP contribution in [0, 0.1) is 52.3 Å². The van der Waals surface area contributed by atoms with E-state index >= 15 is 0 Å². The van der Waals surface area contributed by atoms with Gasteiger partial charge in [0.15, 0.2) is 6.10 Å². The van der Waals surface area contributed by atoms with Gasteiger partial charge in [-0.2, -0.15) is 0 Å². The van der Waals surface area contributed by atoms with Crippen LogP contribution in [-0.4, -0.2) is 42.6 Å². The zero-order valence-corrected chi connectivity index (χ0v) is 23.8. The topological polar surface area (TPSA) is 71.1 Å². The first-order valence-corrected chi connectivity index (χ1v) is 15.1. The lowest BCUT2D eigenvalue weighted by atomic mass is 9.44. The van der Waals surface area contributed by atoms with Gasteiger partial charge in [0.05, 0.1) is 12.7 Å². The molecule has 2 heterocycles. The molecule has 2 aliphatic heterocycles. The molecular formula is C31H48O6. The van der Waals surface area contributed by atoms with Crippen LogP contribution in [0.1, 0.15) is 99.3 Å². The van der Waals surface area contributed by atoms with E-state index in [2.05, 4.69) is 27.7 Å². The largest absolute Gasteiger partial charge is 0.463 e. The number of hydrogen-bond donors (Lipinski definition) is 0. The lowest BCUT2D eigenvalue weighted by Crippen LogP contribution is -2.58. The molecular weight excluding hydrogens is 468 g/mol. The minimum Gasteiger partial charge on any atom is -0.463 e. The van der Waals surface area contributed by atoms with Gasteiger partial charge in [-0.25, -0.2) is 0 Å². The van der Waals surface area contributed by atoms with Gasteiger partial charge in [-0.1, -0.05) is 27.7 Å². The van der Waals surface area contributed by atoms with Crippen molar-refractivity contribution in [1.29, 1.82) is 0 Å². The normalized spacial score (nSPS) is 54.5. The number of rotatable bonds is 2. The summed E-state index contributed by atoms with van der Waals surface area (Å²) in [7, 11) is 0. The summed E-state index contributed by atoms with van der Waals surface area (Å²) in [5.41, 5.74) is 0.593. The van der Waals surface area contributed by atoms with Crippen LogP contribution < -0.4 is 0 Å². The second-order valence-corrected chi connectivity index (χ2v) is 14.4. The molecule has 0 aromatic rings. The summed E-state index contributed by atoms with van der Waals surface area (Å²) in [6.45, 7) is 13.3. The molecule has 0 radical (unpaired) electrons. The summed E-state index contributed by atoms with van der Waals surface area (Å²) in [5, 5.41) is 0. The Morgan fingerprint density at radius 3 is 2.30 bits per heavy atom. The van der Waals surface area contributed by atoms with E-state index in [1.54, 1.807) is 6.92 Å². The molecule has 0 amide bonds. The number of carbonyl (C=O) groups is 2. The lowest BCUT2D eigenvalue weighted by molar-refractivity contribution is -0.318. The Bertz CT molecular complexity index is 935. The molecule has 4 saturated carbocycles. The second-order valence-electron chi connectivity index (χ2n) is 14.4. The van der Waals surface area contributed by atoms with Crippen LogP contribution in [0.5, 0.6) is 0 Å². The summed E-state index contributed by atoms with van der Waals surface area (Å²) in [4.78, 5) is 23.6. The van der Waals surface area contributed by atoms with Gasteiger partial charge in [-0.05, 0) is 104 Å². The molecule has 0 unspecified atom stereocenters. The van der Waals surface area contributed by atoms with Crippen molar-refractivity contribution in [3.63, 3.8) is 0 Å². The molecule has 13 atom stereocenters. The van der Waals surface area contributed by atoms with Crippen molar-refractivity contribution in [2.45, 2.75) is 123 Å². The third kappa shape index (κ3) is 3.85. The summed E-state index contributed by atoms with van der Waals surface area (Å²) in [6, 6.07) is 0. The average molecular weight is 517 g/mol. The molecule has 4 aliphatic carbocycles. The highest BCUT2D eigenvalue weighted by Gasteiger charge is 2.71. The summed E-state index contributed by atoms with van der Waals surface area (Å²) >= 11 is 0. The van der Waals surface area contributed by atoms with E-state index < -0.39 is 5.79 Å². The number of esters is 2. The summed E-state index contributed by atoms with van der Waals surface area (Å²) in [5.74, 6) is 2.68. The molecule has 0 bridgehead atoms. The molecule has 6 aliphatic rings. The van der Waals surface area contributed by atoms with E-state index in [0.717, 1.165) is 37.5 Å². The Balaban J connectivity index is 1.22. The van der Waals surface area contributed by atoms with Crippen molar-refractivity contribution in [3.8, 4) is 0 Å². The van der Waals surface area contributed by atoms with E-state index in [4.69, 9.17) is 18.9 Å². The van der Waals surface area contributed by atoms with Crippen molar-refractivity contribution in [2.24, 2.45) is 52.3 Å². The van der Waals surface area contributed by atoms with Crippen molar-refractivity contribution in [3.05, 3.63) is 0 Å². The molecule has 2 saturated heterocycles. The minimum atomic E-state index is -0.795. The highest BCUT2D eigenvalue weighted by atomic mass is 16.7. The fourth-order valence-electron chi connectivity index (χ4n) is 11.0. The van der Waals surface area contributed by atoms with Crippen LogP contribution >= 0.6 is 0 Å². The fraction of sp³-hybridized carbons (Fsp3) is 0.935. The van der Waals surface area contributed by atoms with Crippen LogP contribution in [0.4, 0.5) is 0 Å². The maximum Gasteiger partial charge on any atom is 0.303 e. The molecule has 6 rings (SSSR count).